The van der Waals surface area contributed by atoms with Crippen LogP contribution in [-0.2, 0) is 0 Å². The van der Waals surface area contributed by atoms with E-state index in [1.165, 1.54) is 4.88 Å². The summed E-state index contributed by atoms with van der Waals surface area (Å²) in [6.07, 6.45) is 0. The molecule has 0 aromatic carbocycles. The first-order valence-electron chi connectivity index (χ1n) is 3.55. The maximum Gasteiger partial charge on any atom is 0.0900 e. The summed E-state index contributed by atoms with van der Waals surface area (Å²) >= 11 is 1.69. The molecule has 0 saturated carbocycles. The first-order chi connectivity index (χ1) is 5.15. The molecule has 0 radical (unpaired) electrons. The molecule has 0 aliphatic rings. The van der Waals surface area contributed by atoms with Gasteiger partial charge in [0.15, 0.2) is 0 Å². The van der Waals surface area contributed by atoms with Gasteiger partial charge in [0.25, 0.3) is 0 Å². The number of nitrogens with one attached hydrogen (secondary N) is 1. The Balaban J connectivity index is 2.93. The zero-order valence-electron chi connectivity index (χ0n) is 7.01. The number of hydrazine groups is 1. The van der Waals surface area contributed by atoms with E-state index in [1.807, 2.05) is 20.8 Å². The lowest BCUT2D eigenvalue weighted by molar-refractivity contribution is 0.608. The molecular formula is C7H13N3S. The normalized spacial score (nSPS) is 13.5. The molecule has 1 rings (SSSR count). The van der Waals surface area contributed by atoms with Crippen molar-refractivity contribution in [3.8, 4) is 0 Å². The first-order valence-corrected chi connectivity index (χ1v) is 4.37. The van der Waals surface area contributed by atoms with E-state index in [9.17, 15) is 0 Å². The zero-order chi connectivity index (χ0) is 8.43. The molecule has 0 spiro atoms. The highest BCUT2D eigenvalue weighted by Crippen LogP contribution is 2.23. The number of aryl methyl sites for hydroxylation is 2. The summed E-state index contributed by atoms with van der Waals surface area (Å²) in [6.45, 7) is 6.04. The van der Waals surface area contributed by atoms with Crippen molar-refractivity contribution in [3.05, 3.63) is 15.6 Å². The molecule has 0 amide bonds. The molecule has 0 aliphatic heterocycles. The summed E-state index contributed by atoms with van der Waals surface area (Å²) in [7, 11) is 0. The Bertz CT molecular complexity index is 244. The number of thiazole rings is 1. The van der Waals surface area contributed by atoms with E-state index in [-0.39, 0.29) is 6.04 Å². The van der Waals surface area contributed by atoms with Gasteiger partial charge in [-0.1, -0.05) is 0 Å². The minimum absolute atomic E-state index is 0.209. The van der Waals surface area contributed by atoms with Crippen molar-refractivity contribution in [1.82, 2.24) is 10.4 Å². The number of hydrogen-bond donors (Lipinski definition) is 2. The molecule has 3 nitrogen and oxygen atoms in total. The van der Waals surface area contributed by atoms with Crippen molar-refractivity contribution in [3.63, 3.8) is 0 Å². The fraction of sp³-hybridized carbons (Fsp3) is 0.571. The van der Waals surface area contributed by atoms with E-state index in [0.717, 1.165) is 10.7 Å². The van der Waals surface area contributed by atoms with Crippen LogP contribution in [0.1, 0.15) is 28.5 Å². The monoisotopic (exact) mass is 171 g/mol. The molecule has 0 fully saturated rings. The lowest BCUT2D eigenvalue weighted by atomic mass is 10.2. The minimum Gasteiger partial charge on any atom is -0.271 e. The molecule has 0 aliphatic carbocycles. The van der Waals surface area contributed by atoms with Crippen molar-refractivity contribution in [1.29, 1.82) is 0 Å². The molecule has 1 atom stereocenters. The molecule has 1 aromatic heterocycles. The van der Waals surface area contributed by atoms with Gasteiger partial charge in [-0.25, -0.2) is 4.98 Å². The van der Waals surface area contributed by atoms with Crippen LogP contribution < -0.4 is 11.3 Å². The first kappa shape index (κ1) is 8.64. The maximum absolute atomic E-state index is 5.31. The molecule has 1 unspecified atom stereocenters. The molecule has 1 aromatic rings. The van der Waals surface area contributed by atoms with Crippen LogP contribution in [0.3, 0.4) is 0 Å². The number of hydrogen-bond acceptors (Lipinski definition) is 4. The van der Waals surface area contributed by atoms with E-state index in [4.69, 9.17) is 5.84 Å². The fourth-order valence-electron chi connectivity index (χ4n) is 1.02. The predicted molar refractivity (Wildman–Crippen MR) is 47.3 cm³/mol. The van der Waals surface area contributed by atoms with Crippen LogP contribution in [0.25, 0.3) is 0 Å². The highest BCUT2D eigenvalue weighted by atomic mass is 32.1. The van der Waals surface area contributed by atoms with Gasteiger partial charge in [-0.15, -0.1) is 11.3 Å². The van der Waals surface area contributed by atoms with E-state index in [1.54, 1.807) is 11.3 Å². The molecule has 4 heteroatoms. The van der Waals surface area contributed by atoms with E-state index in [0.29, 0.717) is 0 Å². The summed E-state index contributed by atoms with van der Waals surface area (Å²) in [5, 5.41) is 1.10. The Hall–Kier alpha value is -0.450. The molecule has 62 valence electrons. The van der Waals surface area contributed by atoms with Crippen LogP contribution in [0.2, 0.25) is 0 Å². The zero-order valence-corrected chi connectivity index (χ0v) is 7.83. The van der Waals surface area contributed by atoms with Crippen molar-refractivity contribution in [2.24, 2.45) is 5.84 Å². The summed E-state index contributed by atoms with van der Waals surface area (Å²) in [4.78, 5) is 5.53. The number of nitrogens with zero attached hydrogens (tertiary/aromatic N) is 1. The smallest absolute Gasteiger partial charge is 0.0900 e. The van der Waals surface area contributed by atoms with Crippen LogP contribution in [0, 0.1) is 13.8 Å². The summed E-state index contributed by atoms with van der Waals surface area (Å²) in [6, 6.07) is 0.209. The average Bonchev–Trinajstić information content (AvgIpc) is 2.28. The number of aromatic nitrogens is 1. The largest absolute Gasteiger partial charge is 0.271 e. The van der Waals surface area contributed by atoms with Gasteiger partial charge in [-0.05, 0) is 20.8 Å². The van der Waals surface area contributed by atoms with Gasteiger partial charge in [0.1, 0.15) is 0 Å². The highest BCUT2D eigenvalue weighted by molar-refractivity contribution is 7.11. The lowest BCUT2D eigenvalue weighted by Gasteiger charge is -2.06. The van der Waals surface area contributed by atoms with Crippen molar-refractivity contribution in [2.75, 3.05) is 0 Å². The van der Waals surface area contributed by atoms with Gasteiger partial charge in [0.05, 0.1) is 16.7 Å². The minimum atomic E-state index is 0.209. The van der Waals surface area contributed by atoms with Crippen LogP contribution in [0.4, 0.5) is 0 Å². The van der Waals surface area contributed by atoms with Crippen LogP contribution >= 0.6 is 11.3 Å². The third kappa shape index (κ3) is 1.77. The third-order valence-electron chi connectivity index (χ3n) is 1.58. The summed E-state index contributed by atoms with van der Waals surface area (Å²) in [5.41, 5.74) is 3.79. The molecular weight excluding hydrogens is 158 g/mol. The number of rotatable bonds is 2. The van der Waals surface area contributed by atoms with E-state index >= 15 is 0 Å². The topological polar surface area (TPSA) is 50.9 Å². The SMILES string of the molecule is Cc1nc(C)c(C(C)NN)s1. The second-order valence-corrected chi connectivity index (χ2v) is 3.81. The highest BCUT2D eigenvalue weighted by Gasteiger charge is 2.10. The third-order valence-corrected chi connectivity index (χ3v) is 2.84. The van der Waals surface area contributed by atoms with E-state index in [2.05, 4.69) is 10.4 Å². The Morgan fingerprint density at radius 1 is 1.55 bits per heavy atom. The van der Waals surface area contributed by atoms with Gasteiger partial charge in [0.2, 0.25) is 0 Å². The Kier molecular flexibility index (Phi) is 2.59. The molecule has 0 saturated heterocycles. The van der Waals surface area contributed by atoms with Gasteiger partial charge < -0.3 is 0 Å². The van der Waals surface area contributed by atoms with Crippen molar-refractivity contribution < 1.29 is 0 Å². The van der Waals surface area contributed by atoms with Crippen molar-refractivity contribution >= 4 is 11.3 Å². The Labute approximate surface area is 70.6 Å². The lowest BCUT2D eigenvalue weighted by Crippen LogP contribution is -2.25. The van der Waals surface area contributed by atoms with E-state index < -0.39 is 0 Å². The Morgan fingerprint density at radius 2 is 2.18 bits per heavy atom. The quantitative estimate of drug-likeness (QED) is 0.520. The number of nitrogens with two attached hydrogens (primary N) is 1. The molecule has 0 bridgehead atoms. The second-order valence-electron chi connectivity index (χ2n) is 2.57. The van der Waals surface area contributed by atoms with Gasteiger partial charge in [-0.2, -0.15) is 0 Å². The second kappa shape index (κ2) is 3.30. The molecule has 1 heterocycles. The summed E-state index contributed by atoms with van der Waals surface area (Å²) in [5.74, 6) is 5.31. The average molecular weight is 171 g/mol. The standard InChI is InChI=1S/C7H13N3S/c1-4-7(5(2)10-8)11-6(3)9-4/h5,10H,8H2,1-3H3. The van der Waals surface area contributed by atoms with Crippen LogP contribution in [0.15, 0.2) is 0 Å². The van der Waals surface area contributed by atoms with Crippen LogP contribution in [0.5, 0.6) is 0 Å². The van der Waals surface area contributed by atoms with Crippen molar-refractivity contribution in [2.45, 2.75) is 26.8 Å². The molecule has 3 N–H and O–H groups in total. The predicted octanol–water partition coefficient (Wildman–Crippen LogP) is 1.28. The van der Waals surface area contributed by atoms with Gasteiger partial charge >= 0.3 is 0 Å². The van der Waals surface area contributed by atoms with Gasteiger partial charge in [0, 0.05) is 4.88 Å². The summed E-state index contributed by atoms with van der Waals surface area (Å²) < 4.78 is 0. The van der Waals surface area contributed by atoms with Gasteiger partial charge in [-0.3, -0.25) is 11.3 Å². The molecule has 11 heavy (non-hydrogen) atoms. The van der Waals surface area contributed by atoms with Crippen LogP contribution in [-0.4, -0.2) is 4.98 Å². The maximum atomic E-state index is 5.31. The fourth-order valence-corrected chi connectivity index (χ4v) is 1.96. The Morgan fingerprint density at radius 3 is 2.55 bits per heavy atom.